The summed E-state index contributed by atoms with van der Waals surface area (Å²) < 4.78 is 22.9. The Kier molecular flexibility index (Phi) is 4.02. The fourth-order valence-electron chi connectivity index (χ4n) is 2.10. The molecule has 17 heavy (non-hydrogen) atoms. The molecule has 0 amide bonds. The van der Waals surface area contributed by atoms with E-state index in [1.807, 2.05) is 0 Å². The lowest BCUT2D eigenvalue weighted by molar-refractivity contribution is 0.275. The van der Waals surface area contributed by atoms with Crippen molar-refractivity contribution < 1.29 is 8.42 Å². The van der Waals surface area contributed by atoms with E-state index in [1.54, 1.807) is 0 Å². The first-order valence-electron chi connectivity index (χ1n) is 6.17. The molecule has 2 aliphatic rings. The Morgan fingerprint density at radius 2 is 2.12 bits per heavy atom. The third-order valence-corrected chi connectivity index (χ3v) is 4.97. The van der Waals surface area contributed by atoms with E-state index < -0.39 is 9.84 Å². The van der Waals surface area contributed by atoms with Gasteiger partial charge in [0, 0.05) is 19.1 Å². The van der Waals surface area contributed by atoms with Gasteiger partial charge in [-0.15, -0.1) is 0 Å². The zero-order valence-electron chi connectivity index (χ0n) is 9.93. The van der Waals surface area contributed by atoms with Crippen LogP contribution in [-0.4, -0.2) is 56.5 Å². The van der Waals surface area contributed by atoms with Gasteiger partial charge in [0.2, 0.25) is 0 Å². The Balaban J connectivity index is 1.83. The van der Waals surface area contributed by atoms with E-state index in [-0.39, 0.29) is 17.5 Å². The number of hydrogen-bond acceptors (Lipinski definition) is 5. The van der Waals surface area contributed by atoms with E-state index in [4.69, 9.17) is 5.26 Å². The Morgan fingerprint density at radius 1 is 1.35 bits per heavy atom. The molecule has 1 heterocycles. The van der Waals surface area contributed by atoms with Gasteiger partial charge in [0.05, 0.1) is 17.6 Å². The van der Waals surface area contributed by atoms with Gasteiger partial charge in [-0.3, -0.25) is 10.2 Å². The Labute approximate surface area is 103 Å². The van der Waals surface area contributed by atoms with Crippen molar-refractivity contribution in [2.45, 2.75) is 31.3 Å². The zero-order valence-corrected chi connectivity index (χ0v) is 10.7. The summed E-state index contributed by atoms with van der Waals surface area (Å²) in [7, 11) is -2.85. The smallest absolute Gasteiger partial charge is 0.151 e. The highest BCUT2D eigenvalue weighted by molar-refractivity contribution is 7.91. The van der Waals surface area contributed by atoms with Gasteiger partial charge in [0.15, 0.2) is 9.84 Å². The standard InChI is InChI=1S/C11H19N3O2S/c12-8-11(13-10-2-3-10)9-14-4-1-6-17(15,16)7-5-14/h10-11,13H,1-7,9H2. The van der Waals surface area contributed by atoms with Crippen molar-refractivity contribution in [1.29, 1.82) is 5.26 Å². The molecule has 0 radical (unpaired) electrons. The van der Waals surface area contributed by atoms with E-state index >= 15 is 0 Å². The number of hydrogen-bond donors (Lipinski definition) is 1. The fraction of sp³-hybridized carbons (Fsp3) is 0.909. The van der Waals surface area contributed by atoms with Crippen LogP contribution in [0.4, 0.5) is 0 Å². The highest BCUT2D eigenvalue weighted by atomic mass is 32.2. The molecule has 5 nitrogen and oxygen atoms in total. The van der Waals surface area contributed by atoms with Crippen LogP contribution in [0, 0.1) is 11.3 Å². The minimum Gasteiger partial charge on any atom is -0.300 e. The molecular weight excluding hydrogens is 238 g/mol. The van der Waals surface area contributed by atoms with Gasteiger partial charge in [0.25, 0.3) is 0 Å². The zero-order chi connectivity index (χ0) is 12.3. The van der Waals surface area contributed by atoms with Gasteiger partial charge in [-0.1, -0.05) is 0 Å². The average Bonchev–Trinajstić information content (AvgIpc) is 3.08. The number of nitriles is 1. The van der Waals surface area contributed by atoms with Crippen molar-refractivity contribution in [2.24, 2.45) is 0 Å². The van der Waals surface area contributed by atoms with Gasteiger partial charge < -0.3 is 0 Å². The molecule has 2 rings (SSSR count). The second kappa shape index (κ2) is 5.34. The summed E-state index contributed by atoms with van der Waals surface area (Å²) in [6.45, 7) is 1.99. The lowest BCUT2D eigenvalue weighted by atomic mass is 10.2. The minimum atomic E-state index is -2.85. The largest absolute Gasteiger partial charge is 0.300 e. The van der Waals surface area contributed by atoms with E-state index in [1.165, 1.54) is 0 Å². The molecular formula is C11H19N3O2S. The maximum absolute atomic E-state index is 11.5. The minimum absolute atomic E-state index is 0.164. The van der Waals surface area contributed by atoms with Crippen molar-refractivity contribution >= 4 is 9.84 Å². The van der Waals surface area contributed by atoms with Crippen molar-refractivity contribution in [3.63, 3.8) is 0 Å². The molecule has 0 bridgehead atoms. The SMILES string of the molecule is N#CC(CN1CCCS(=O)(=O)CC1)NC1CC1. The molecule has 1 saturated heterocycles. The number of nitrogens with zero attached hydrogens (tertiary/aromatic N) is 2. The molecule has 1 saturated carbocycles. The molecule has 1 unspecified atom stereocenters. The Bertz CT molecular complexity index is 397. The maximum Gasteiger partial charge on any atom is 0.151 e. The molecule has 96 valence electrons. The Morgan fingerprint density at radius 3 is 2.76 bits per heavy atom. The summed E-state index contributed by atoms with van der Waals surface area (Å²) in [6, 6.07) is 2.61. The molecule has 1 atom stereocenters. The van der Waals surface area contributed by atoms with Gasteiger partial charge in [-0.05, 0) is 25.8 Å². The lowest BCUT2D eigenvalue weighted by Crippen LogP contribution is -2.42. The number of rotatable bonds is 4. The monoisotopic (exact) mass is 257 g/mol. The summed E-state index contributed by atoms with van der Waals surface area (Å²) in [5.74, 6) is 0.519. The van der Waals surface area contributed by atoms with Crippen molar-refractivity contribution in [3.8, 4) is 6.07 Å². The molecule has 0 spiro atoms. The summed E-state index contributed by atoms with van der Waals surface area (Å²) in [5, 5.41) is 12.3. The second-order valence-corrected chi connectivity index (χ2v) is 7.23. The van der Waals surface area contributed by atoms with Crippen LogP contribution in [0.2, 0.25) is 0 Å². The van der Waals surface area contributed by atoms with Gasteiger partial charge in [-0.25, -0.2) is 8.42 Å². The van der Waals surface area contributed by atoms with Crippen LogP contribution < -0.4 is 5.32 Å². The summed E-state index contributed by atoms with van der Waals surface area (Å²) in [4.78, 5) is 2.09. The normalized spacial score (nSPS) is 27.0. The summed E-state index contributed by atoms with van der Waals surface area (Å²) >= 11 is 0. The molecule has 6 heteroatoms. The van der Waals surface area contributed by atoms with Crippen molar-refractivity contribution in [1.82, 2.24) is 10.2 Å². The first kappa shape index (κ1) is 12.8. The second-order valence-electron chi connectivity index (χ2n) is 4.93. The first-order chi connectivity index (χ1) is 8.09. The van der Waals surface area contributed by atoms with Crippen LogP contribution in [0.25, 0.3) is 0 Å². The first-order valence-corrected chi connectivity index (χ1v) is 8.00. The lowest BCUT2D eigenvalue weighted by Gasteiger charge is -2.22. The predicted molar refractivity (Wildman–Crippen MR) is 65.3 cm³/mol. The number of sulfone groups is 1. The van der Waals surface area contributed by atoms with Crippen LogP contribution in [0.1, 0.15) is 19.3 Å². The van der Waals surface area contributed by atoms with Crippen LogP contribution >= 0.6 is 0 Å². The van der Waals surface area contributed by atoms with E-state index in [2.05, 4.69) is 16.3 Å². The fourth-order valence-corrected chi connectivity index (χ4v) is 3.41. The number of nitrogens with one attached hydrogen (secondary N) is 1. The average molecular weight is 257 g/mol. The van der Waals surface area contributed by atoms with E-state index in [9.17, 15) is 8.42 Å². The van der Waals surface area contributed by atoms with Gasteiger partial charge in [-0.2, -0.15) is 5.26 Å². The van der Waals surface area contributed by atoms with Crippen LogP contribution in [0.5, 0.6) is 0 Å². The quantitative estimate of drug-likeness (QED) is 0.752. The third-order valence-electron chi connectivity index (χ3n) is 3.26. The molecule has 0 aromatic rings. The molecule has 1 aliphatic heterocycles. The van der Waals surface area contributed by atoms with Crippen LogP contribution in [-0.2, 0) is 9.84 Å². The van der Waals surface area contributed by atoms with Crippen LogP contribution in [0.3, 0.4) is 0 Å². The molecule has 0 aromatic carbocycles. The van der Waals surface area contributed by atoms with E-state index in [0.717, 1.165) is 19.4 Å². The van der Waals surface area contributed by atoms with Crippen LogP contribution in [0.15, 0.2) is 0 Å². The van der Waals surface area contributed by atoms with Crippen molar-refractivity contribution in [2.75, 3.05) is 31.1 Å². The van der Waals surface area contributed by atoms with Gasteiger partial charge >= 0.3 is 0 Å². The molecule has 0 aromatic heterocycles. The summed E-state index contributed by atoms with van der Waals surface area (Å²) in [5.41, 5.74) is 0. The highest BCUT2D eigenvalue weighted by Gasteiger charge is 2.26. The topological polar surface area (TPSA) is 73.2 Å². The Hall–Kier alpha value is -0.640. The third kappa shape index (κ3) is 4.26. The molecule has 1 aliphatic carbocycles. The van der Waals surface area contributed by atoms with Crippen molar-refractivity contribution in [3.05, 3.63) is 0 Å². The molecule has 1 N–H and O–H groups in total. The maximum atomic E-state index is 11.5. The predicted octanol–water partition coefficient (Wildman–Crippen LogP) is -0.249. The summed E-state index contributed by atoms with van der Waals surface area (Å²) in [6.07, 6.45) is 3.00. The molecule has 2 fully saturated rings. The van der Waals surface area contributed by atoms with Gasteiger partial charge in [0.1, 0.15) is 6.04 Å². The van der Waals surface area contributed by atoms with E-state index in [0.29, 0.717) is 25.6 Å². The highest BCUT2D eigenvalue weighted by Crippen LogP contribution is 2.19.